The van der Waals surface area contributed by atoms with Crippen LogP contribution in [0.25, 0.3) is 0 Å². The Hall–Kier alpha value is -2.80. The molecule has 0 aliphatic rings. The fraction of sp³-hybridized carbons (Fsp3) is 0.190. The normalized spacial score (nSPS) is 11.3. The summed E-state index contributed by atoms with van der Waals surface area (Å²) in [6.45, 7) is 4.22. The van der Waals surface area contributed by atoms with E-state index >= 15 is 0 Å². The number of thiophene rings is 1. The van der Waals surface area contributed by atoms with Crippen molar-refractivity contribution in [2.24, 2.45) is 0 Å². The number of hydrogen-bond acceptors (Lipinski definition) is 3. The molecule has 7 heteroatoms. The first-order valence-electron chi connectivity index (χ1n) is 8.49. The fourth-order valence-corrected chi connectivity index (χ4v) is 3.51. The van der Waals surface area contributed by atoms with Crippen molar-refractivity contribution in [2.75, 3.05) is 5.32 Å². The predicted octanol–water partition coefficient (Wildman–Crippen LogP) is 6.22. The third-order valence-electron chi connectivity index (χ3n) is 4.08. The number of amides is 1. The van der Waals surface area contributed by atoms with Gasteiger partial charge in [0.25, 0.3) is 5.91 Å². The molecule has 28 heavy (non-hydrogen) atoms. The molecule has 0 aliphatic heterocycles. The van der Waals surface area contributed by atoms with Crippen LogP contribution >= 0.6 is 11.3 Å². The van der Waals surface area contributed by atoms with Crippen LogP contribution in [-0.2, 0) is 12.8 Å². The smallest absolute Gasteiger partial charge is 0.418 e. The number of hydrogen-bond donors (Lipinski definition) is 1. The minimum Gasteiger partial charge on any atom is -0.489 e. The summed E-state index contributed by atoms with van der Waals surface area (Å²) in [5, 5.41) is 4.10. The number of anilines is 1. The van der Waals surface area contributed by atoms with Gasteiger partial charge in [0, 0.05) is 5.56 Å². The zero-order valence-corrected chi connectivity index (χ0v) is 16.1. The summed E-state index contributed by atoms with van der Waals surface area (Å²) in [7, 11) is 0. The van der Waals surface area contributed by atoms with Crippen LogP contribution < -0.4 is 10.1 Å². The van der Waals surface area contributed by atoms with E-state index in [1.54, 1.807) is 11.4 Å². The Balaban J connectivity index is 1.68. The second-order valence-electron chi connectivity index (χ2n) is 6.37. The molecule has 0 radical (unpaired) electrons. The van der Waals surface area contributed by atoms with Gasteiger partial charge in [-0.25, -0.2) is 0 Å². The molecule has 0 bridgehead atoms. The highest BCUT2D eigenvalue weighted by molar-refractivity contribution is 7.12. The van der Waals surface area contributed by atoms with Gasteiger partial charge in [0.15, 0.2) is 0 Å². The summed E-state index contributed by atoms with van der Waals surface area (Å²) < 4.78 is 45.0. The lowest BCUT2D eigenvalue weighted by molar-refractivity contribution is -0.136. The van der Waals surface area contributed by atoms with Crippen LogP contribution in [0.15, 0.2) is 53.9 Å². The van der Waals surface area contributed by atoms with E-state index in [1.165, 1.54) is 18.2 Å². The number of benzene rings is 2. The van der Waals surface area contributed by atoms with Gasteiger partial charge in [-0.2, -0.15) is 13.2 Å². The maximum Gasteiger partial charge on any atom is 0.418 e. The lowest BCUT2D eigenvalue weighted by Crippen LogP contribution is -2.15. The van der Waals surface area contributed by atoms with E-state index < -0.39 is 17.6 Å². The molecule has 146 valence electrons. The van der Waals surface area contributed by atoms with Crippen molar-refractivity contribution in [3.63, 3.8) is 0 Å². The van der Waals surface area contributed by atoms with Gasteiger partial charge in [-0.05, 0) is 49.1 Å². The Kier molecular flexibility index (Phi) is 5.74. The van der Waals surface area contributed by atoms with Crippen molar-refractivity contribution in [1.82, 2.24) is 0 Å². The molecule has 0 saturated carbocycles. The van der Waals surface area contributed by atoms with E-state index in [0.29, 0.717) is 4.88 Å². The minimum atomic E-state index is -4.54. The highest BCUT2D eigenvalue weighted by Crippen LogP contribution is 2.35. The molecule has 0 spiro atoms. The second-order valence-corrected chi connectivity index (χ2v) is 7.29. The number of alkyl halides is 3. The quantitative estimate of drug-likeness (QED) is 0.548. The number of carbonyl (C=O) groups excluding carboxylic acids is 1. The first-order valence-corrected chi connectivity index (χ1v) is 9.37. The molecule has 0 unspecified atom stereocenters. The molecule has 3 aromatic rings. The summed E-state index contributed by atoms with van der Waals surface area (Å²) in [5.74, 6) is 0.168. The molecule has 0 fully saturated rings. The molecule has 0 aliphatic carbocycles. The fourth-order valence-electron chi connectivity index (χ4n) is 2.72. The van der Waals surface area contributed by atoms with Crippen LogP contribution in [0.4, 0.5) is 18.9 Å². The van der Waals surface area contributed by atoms with E-state index in [4.69, 9.17) is 4.74 Å². The van der Waals surface area contributed by atoms with Crippen molar-refractivity contribution in [2.45, 2.75) is 26.6 Å². The van der Waals surface area contributed by atoms with Gasteiger partial charge in [-0.1, -0.05) is 29.8 Å². The predicted molar refractivity (Wildman–Crippen MR) is 104 cm³/mol. The molecule has 3 rings (SSSR count). The molecule has 1 aromatic heterocycles. The van der Waals surface area contributed by atoms with Crippen molar-refractivity contribution in [1.29, 1.82) is 0 Å². The van der Waals surface area contributed by atoms with Gasteiger partial charge in [-0.15, -0.1) is 11.3 Å². The first-order chi connectivity index (χ1) is 13.2. The van der Waals surface area contributed by atoms with Gasteiger partial charge >= 0.3 is 6.18 Å². The Morgan fingerprint density at radius 2 is 1.86 bits per heavy atom. The van der Waals surface area contributed by atoms with Crippen LogP contribution in [-0.4, -0.2) is 5.91 Å². The molecule has 1 N–H and O–H groups in total. The molecule has 2 aromatic carbocycles. The summed E-state index contributed by atoms with van der Waals surface area (Å²) >= 11 is 1.16. The lowest BCUT2D eigenvalue weighted by Gasteiger charge is -2.12. The standard InChI is InChI=1S/C21H18F3NO2S/c1-13-7-8-18(14(2)9-13)27-11-15-10-19(28-12-15)20(26)25-17-6-4-3-5-16(17)21(22,23)24/h3-10,12H,11H2,1-2H3,(H,25,26). The Bertz CT molecular complexity index is 995. The van der Waals surface area contributed by atoms with Gasteiger partial charge in [-0.3, -0.25) is 4.79 Å². The SMILES string of the molecule is Cc1ccc(OCc2csc(C(=O)Nc3ccccc3C(F)(F)F)c2)c(C)c1. The van der Waals surface area contributed by atoms with E-state index in [0.717, 1.165) is 39.8 Å². The van der Waals surface area contributed by atoms with Crippen LogP contribution in [0, 0.1) is 13.8 Å². The third-order valence-corrected chi connectivity index (χ3v) is 5.06. The number of ether oxygens (including phenoxy) is 1. The number of rotatable bonds is 5. The minimum absolute atomic E-state index is 0.263. The van der Waals surface area contributed by atoms with Crippen molar-refractivity contribution < 1.29 is 22.7 Å². The summed E-state index contributed by atoms with van der Waals surface area (Å²) in [6, 6.07) is 12.4. The van der Waals surface area contributed by atoms with Crippen molar-refractivity contribution >= 4 is 22.9 Å². The topological polar surface area (TPSA) is 38.3 Å². The Labute approximate surface area is 164 Å². The van der Waals surface area contributed by atoms with Crippen LogP contribution in [0.3, 0.4) is 0 Å². The molecule has 0 atom stereocenters. The number of carbonyl (C=O) groups is 1. The van der Waals surface area contributed by atoms with E-state index in [9.17, 15) is 18.0 Å². The van der Waals surface area contributed by atoms with Gasteiger partial charge in [0.2, 0.25) is 0 Å². The molecule has 1 amide bonds. The first kappa shape index (κ1) is 19.9. The molecule has 0 saturated heterocycles. The van der Waals surface area contributed by atoms with Gasteiger partial charge in [0.05, 0.1) is 16.1 Å². The largest absolute Gasteiger partial charge is 0.489 e. The average Bonchev–Trinajstić information content (AvgIpc) is 3.10. The highest BCUT2D eigenvalue weighted by atomic mass is 32.1. The zero-order chi connectivity index (χ0) is 20.3. The summed E-state index contributed by atoms with van der Waals surface area (Å²) in [5.41, 5.74) is 1.79. The summed E-state index contributed by atoms with van der Waals surface area (Å²) in [6.07, 6.45) is -4.54. The average molecular weight is 405 g/mol. The Morgan fingerprint density at radius 3 is 2.57 bits per heavy atom. The van der Waals surface area contributed by atoms with Crippen molar-refractivity contribution in [3.8, 4) is 5.75 Å². The number of nitrogens with one attached hydrogen (secondary N) is 1. The molecule has 1 heterocycles. The van der Waals surface area contributed by atoms with Gasteiger partial charge < -0.3 is 10.1 Å². The van der Waals surface area contributed by atoms with E-state index in [-0.39, 0.29) is 12.3 Å². The third kappa shape index (κ3) is 4.72. The van der Waals surface area contributed by atoms with Crippen molar-refractivity contribution in [3.05, 3.63) is 81.0 Å². The maximum atomic E-state index is 13.1. The van der Waals surface area contributed by atoms with Crippen LogP contribution in [0.1, 0.15) is 31.9 Å². The number of aryl methyl sites for hydroxylation is 2. The monoisotopic (exact) mass is 405 g/mol. The lowest BCUT2D eigenvalue weighted by atomic mass is 10.1. The maximum absolute atomic E-state index is 13.1. The van der Waals surface area contributed by atoms with E-state index in [2.05, 4.69) is 5.32 Å². The highest BCUT2D eigenvalue weighted by Gasteiger charge is 2.33. The number of halogens is 3. The van der Waals surface area contributed by atoms with Crippen LogP contribution in [0.2, 0.25) is 0 Å². The van der Waals surface area contributed by atoms with Crippen LogP contribution in [0.5, 0.6) is 5.75 Å². The van der Waals surface area contributed by atoms with Gasteiger partial charge in [0.1, 0.15) is 12.4 Å². The Morgan fingerprint density at radius 1 is 1.11 bits per heavy atom. The summed E-state index contributed by atoms with van der Waals surface area (Å²) in [4.78, 5) is 12.7. The molecular weight excluding hydrogens is 387 g/mol. The molecule has 3 nitrogen and oxygen atoms in total. The number of para-hydroxylation sites is 1. The molecular formula is C21H18F3NO2S. The second kappa shape index (κ2) is 8.06. The zero-order valence-electron chi connectivity index (χ0n) is 15.3. The van der Waals surface area contributed by atoms with E-state index in [1.807, 2.05) is 32.0 Å².